The Hall–Kier alpha value is -3.15. The van der Waals surface area contributed by atoms with Crippen molar-refractivity contribution in [1.82, 2.24) is 9.38 Å². The number of benzene rings is 1. The summed E-state index contributed by atoms with van der Waals surface area (Å²) in [6, 6.07) is 12.4. The molecule has 6 nitrogen and oxygen atoms in total. The van der Waals surface area contributed by atoms with E-state index in [-0.39, 0.29) is 18.8 Å². The van der Waals surface area contributed by atoms with Gasteiger partial charge >= 0.3 is 5.97 Å². The SMILES string of the molecule is Cc1cccc(OCC(=O)OCc2cc(=O)n3c(C)cccc3n2)c1C. The number of rotatable bonds is 5. The topological polar surface area (TPSA) is 69.9 Å². The molecule has 0 saturated carbocycles. The first-order valence-corrected chi connectivity index (χ1v) is 8.28. The van der Waals surface area contributed by atoms with Crippen LogP contribution in [0.1, 0.15) is 22.5 Å². The van der Waals surface area contributed by atoms with E-state index in [1.807, 2.05) is 51.1 Å². The lowest BCUT2D eigenvalue weighted by atomic mass is 10.1. The number of pyridine rings is 1. The molecule has 3 rings (SSSR count). The molecule has 0 atom stereocenters. The molecule has 6 heteroatoms. The summed E-state index contributed by atoms with van der Waals surface area (Å²) in [5.41, 5.74) is 3.60. The summed E-state index contributed by atoms with van der Waals surface area (Å²) in [6.07, 6.45) is 0. The molecule has 3 aromatic rings. The van der Waals surface area contributed by atoms with Crippen molar-refractivity contribution in [2.45, 2.75) is 27.4 Å². The van der Waals surface area contributed by atoms with Crippen molar-refractivity contribution >= 4 is 11.6 Å². The van der Waals surface area contributed by atoms with Crippen LogP contribution >= 0.6 is 0 Å². The fourth-order valence-corrected chi connectivity index (χ4v) is 2.65. The van der Waals surface area contributed by atoms with Crippen LogP contribution in [-0.2, 0) is 16.1 Å². The van der Waals surface area contributed by atoms with Gasteiger partial charge in [0.05, 0.1) is 5.69 Å². The van der Waals surface area contributed by atoms with Gasteiger partial charge in [-0.25, -0.2) is 9.78 Å². The fourth-order valence-electron chi connectivity index (χ4n) is 2.65. The van der Waals surface area contributed by atoms with Crippen LogP contribution < -0.4 is 10.3 Å². The second-order valence-corrected chi connectivity index (χ2v) is 6.09. The molecule has 0 spiro atoms. The molecule has 0 aliphatic carbocycles. The highest BCUT2D eigenvalue weighted by Crippen LogP contribution is 2.20. The van der Waals surface area contributed by atoms with Crippen molar-refractivity contribution < 1.29 is 14.3 Å². The first kappa shape index (κ1) is 17.7. The standard InChI is InChI=1S/C20H20N2O4/c1-13-6-4-8-17(15(13)3)25-12-20(24)26-11-16-10-19(23)22-14(2)7-5-9-18(22)21-16/h4-10H,11-12H2,1-3H3. The number of carbonyl (C=O) groups is 1. The zero-order valence-electron chi connectivity index (χ0n) is 15.0. The maximum absolute atomic E-state index is 12.2. The number of ether oxygens (including phenoxy) is 2. The van der Waals surface area contributed by atoms with E-state index >= 15 is 0 Å². The lowest BCUT2D eigenvalue weighted by Crippen LogP contribution is -2.20. The van der Waals surface area contributed by atoms with E-state index in [0.29, 0.717) is 17.1 Å². The van der Waals surface area contributed by atoms with Gasteiger partial charge in [0, 0.05) is 11.8 Å². The quantitative estimate of drug-likeness (QED) is 0.661. The van der Waals surface area contributed by atoms with Crippen LogP contribution in [0.2, 0.25) is 0 Å². The second kappa shape index (κ2) is 7.39. The van der Waals surface area contributed by atoms with E-state index in [1.165, 1.54) is 10.5 Å². The Morgan fingerprint density at radius 1 is 1.12 bits per heavy atom. The summed E-state index contributed by atoms with van der Waals surface area (Å²) in [4.78, 5) is 28.5. The average molecular weight is 352 g/mol. The first-order chi connectivity index (χ1) is 12.5. The fraction of sp³-hybridized carbons (Fsp3) is 0.250. The molecule has 0 aliphatic heterocycles. The molecule has 1 aromatic carbocycles. The van der Waals surface area contributed by atoms with Gasteiger partial charge in [-0.05, 0) is 50.1 Å². The Morgan fingerprint density at radius 2 is 1.88 bits per heavy atom. The van der Waals surface area contributed by atoms with Crippen LogP contribution in [0.4, 0.5) is 0 Å². The molecular formula is C20H20N2O4. The van der Waals surface area contributed by atoms with Crippen LogP contribution in [0.15, 0.2) is 47.3 Å². The monoisotopic (exact) mass is 352 g/mol. The highest BCUT2D eigenvalue weighted by atomic mass is 16.6. The Kier molecular flexibility index (Phi) is 5.02. The van der Waals surface area contributed by atoms with Gasteiger partial charge in [0.15, 0.2) is 6.61 Å². The van der Waals surface area contributed by atoms with Crippen LogP contribution in [0, 0.1) is 20.8 Å². The molecular weight excluding hydrogens is 332 g/mol. The molecule has 2 heterocycles. The number of nitrogens with zero attached hydrogens (tertiary/aromatic N) is 2. The molecule has 0 aliphatic rings. The minimum Gasteiger partial charge on any atom is -0.482 e. The molecule has 0 saturated heterocycles. The van der Waals surface area contributed by atoms with Gasteiger partial charge in [0.1, 0.15) is 18.0 Å². The molecule has 26 heavy (non-hydrogen) atoms. The summed E-state index contributed by atoms with van der Waals surface area (Å²) in [5, 5.41) is 0. The zero-order valence-corrected chi connectivity index (χ0v) is 15.0. The van der Waals surface area contributed by atoms with E-state index in [4.69, 9.17) is 9.47 Å². The number of aryl methyl sites for hydroxylation is 2. The number of aromatic nitrogens is 2. The van der Waals surface area contributed by atoms with Crippen molar-refractivity contribution in [1.29, 1.82) is 0 Å². The van der Waals surface area contributed by atoms with E-state index in [1.54, 1.807) is 6.07 Å². The Bertz CT molecular complexity index is 1020. The third-order valence-electron chi connectivity index (χ3n) is 4.21. The third-order valence-corrected chi connectivity index (χ3v) is 4.21. The minimum atomic E-state index is -0.517. The molecule has 0 radical (unpaired) electrons. The smallest absolute Gasteiger partial charge is 0.344 e. The average Bonchev–Trinajstić information content (AvgIpc) is 2.61. The summed E-state index contributed by atoms with van der Waals surface area (Å²) >= 11 is 0. The zero-order chi connectivity index (χ0) is 18.7. The number of hydrogen-bond acceptors (Lipinski definition) is 5. The van der Waals surface area contributed by atoms with Crippen molar-refractivity contribution in [3.63, 3.8) is 0 Å². The predicted molar refractivity (Wildman–Crippen MR) is 97.4 cm³/mol. The second-order valence-electron chi connectivity index (χ2n) is 6.09. The Balaban J connectivity index is 1.64. The normalized spacial score (nSPS) is 10.7. The summed E-state index contributed by atoms with van der Waals surface area (Å²) in [7, 11) is 0. The van der Waals surface area contributed by atoms with Gasteiger partial charge in [0.2, 0.25) is 0 Å². The van der Waals surface area contributed by atoms with Crippen LogP contribution in [0.3, 0.4) is 0 Å². The molecule has 0 fully saturated rings. The van der Waals surface area contributed by atoms with Crippen molar-refractivity contribution in [3.8, 4) is 5.75 Å². The number of esters is 1. The maximum Gasteiger partial charge on any atom is 0.344 e. The van der Waals surface area contributed by atoms with Crippen LogP contribution in [-0.4, -0.2) is 22.0 Å². The van der Waals surface area contributed by atoms with Gasteiger partial charge in [0.25, 0.3) is 5.56 Å². The number of carbonyl (C=O) groups excluding carboxylic acids is 1. The van der Waals surface area contributed by atoms with Crippen LogP contribution in [0.25, 0.3) is 5.65 Å². The molecule has 0 unspecified atom stereocenters. The van der Waals surface area contributed by atoms with E-state index in [9.17, 15) is 9.59 Å². The van der Waals surface area contributed by atoms with Crippen molar-refractivity contribution in [3.05, 3.63) is 75.3 Å². The number of fused-ring (bicyclic) bond motifs is 1. The highest BCUT2D eigenvalue weighted by Gasteiger charge is 2.10. The van der Waals surface area contributed by atoms with E-state index in [0.717, 1.165) is 16.8 Å². The Labute approximate surface area is 151 Å². The molecule has 0 N–H and O–H groups in total. The largest absolute Gasteiger partial charge is 0.482 e. The predicted octanol–water partition coefficient (Wildman–Crippen LogP) is 2.74. The maximum atomic E-state index is 12.2. The molecule has 2 aromatic heterocycles. The van der Waals surface area contributed by atoms with Gasteiger partial charge < -0.3 is 9.47 Å². The highest BCUT2D eigenvalue weighted by molar-refractivity contribution is 5.71. The van der Waals surface area contributed by atoms with E-state index in [2.05, 4.69) is 4.98 Å². The molecule has 134 valence electrons. The van der Waals surface area contributed by atoms with Gasteiger partial charge in [-0.2, -0.15) is 0 Å². The summed E-state index contributed by atoms with van der Waals surface area (Å²) < 4.78 is 12.2. The van der Waals surface area contributed by atoms with Crippen molar-refractivity contribution in [2.24, 2.45) is 0 Å². The lowest BCUT2D eigenvalue weighted by molar-refractivity contribution is -0.147. The molecule has 0 bridgehead atoms. The Morgan fingerprint density at radius 3 is 2.69 bits per heavy atom. The van der Waals surface area contributed by atoms with Gasteiger partial charge in [-0.15, -0.1) is 0 Å². The van der Waals surface area contributed by atoms with Gasteiger partial charge in [-0.3, -0.25) is 9.20 Å². The number of hydrogen-bond donors (Lipinski definition) is 0. The summed E-state index contributed by atoms with van der Waals surface area (Å²) in [6.45, 7) is 5.47. The first-order valence-electron chi connectivity index (χ1n) is 8.28. The van der Waals surface area contributed by atoms with Crippen LogP contribution in [0.5, 0.6) is 5.75 Å². The molecule has 0 amide bonds. The third kappa shape index (κ3) is 3.74. The van der Waals surface area contributed by atoms with Crippen molar-refractivity contribution in [2.75, 3.05) is 6.61 Å². The van der Waals surface area contributed by atoms with E-state index < -0.39 is 5.97 Å². The lowest BCUT2D eigenvalue weighted by Gasteiger charge is -2.11. The minimum absolute atomic E-state index is 0.0747. The summed E-state index contributed by atoms with van der Waals surface area (Å²) in [5.74, 6) is 0.136. The van der Waals surface area contributed by atoms with Gasteiger partial charge in [-0.1, -0.05) is 18.2 Å².